The summed E-state index contributed by atoms with van der Waals surface area (Å²) < 4.78 is 5.60. The normalized spacial score (nSPS) is 24.6. The maximum atomic E-state index is 5.60. The fourth-order valence-corrected chi connectivity index (χ4v) is 2.45. The molecule has 0 aromatic rings. The number of rotatable bonds is 8. The molecule has 1 atom stereocenters. The topological polar surface area (TPSA) is 21.3 Å². The molecule has 0 radical (unpaired) electrons. The Bertz CT molecular complexity index is 247. The average Bonchev–Trinajstić information content (AvgIpc) is 2.29. The van der Waals surface area contributed by atoms with Crippen molar-refractivity contribution < 1.29 is 4.74 Å². The molecule has 0 saturated heterocycles. The van der Waals surface area contributed by atoms with Crippen LogP contribution in [0.25, 0.3) is 0 Å². The van der Waals surface area contributed by atoms with E-state index in [0.29, 0.717) is 12.1 Å². The molecule has 1 rings (SSSR count). The minimum Gasteiger partial charge on any atom is -0.378 e. The van der Waals surface area contributed by atoms with E-state index in [9.17, 15) is 0 Å². The van der Waals surface area contributed by atoms with Crippen molar-refractivity contribution in [2.75, 3.05) is 13.2 Å². The van der Waals surface area contributed by atoms with Crippen LogP contribution in [0.4, 0.5) is 0 Å². The van der Waals surface area contributed by atoms with Gasteiger partial charge in [0, 0.05) is 19.1 Å². The zero-order valence-electron chi connectivity index (χ0n) is 11.6. The van der Waals surface area contributed by atoms with E-state index in [1.54, 1.807) is 0 Å². The summed E-state index contributed by atoms with van der Waals surface area (Å²) in [5.41, 5.74) is 0. The summed E-state index contributed by atoms with van der Waals surface area (Å²) in [6.45, 7) is 8.18. The van der Waals surface area contributed by atoms with E-state index in [-0.39, 0.29) is 0 Å². The SMILES string of the molecule is CC#CCC(CC1CC(OCC)C1)NCCC. The van der Waals surface area contributed by atoms with Gasteiger partial charge in [-0.1, -0.05) is 6.92 Å². The molecule has 1 saturated carbocycles. The summed E-state index contributed by atoms with van der Waals surface area (Å²) in [5, 5.41) is 3.61. The quantitative estimate of drug-likeness (QED) is 0.655. The molecule has 1 aliphatic carbocycles. The van der Waals surface area contributed by atoms with Crippen molar-refractivity contribution in [3.8, 4) is 11.8 Å². The highest BCUT2D eigenvalue weighted by molar-refractivity contribution is 4.99. The minimum absolute atomic E-state index is 0.536. The molecule has 1 N–H and O–H groups in total. The summed E-state index contributed by atoms with van der Waals surface area (Å²) in [6, 6.07) is 0.579. The number of nitrogens with one attached hydrogen (secondary N) is 1. The third-order valence-corrected chi connectivity index (χ3v) is 3.42. The lowest BCUT2D eigenvalue weighted by atomic mass is 9.77. The Kier molecular flexibility index (Phi) is 7.32. The molecule has 0 aromatic carbocycles. The molecular weight excluding hydrogens is 210 g/mol. The van der Waals surface area contributed by atoms with Crippen LogP contribution in [0.2, 0.25) is 0 Å². The van der Waals surface area contributed by atoms with Crippen LogP contribution in [0.3, 0.4) is 0 Å². The van der Waals surface area contributed by atoms with Crippen molar-refractivity contribution >= 4 is 0 Å². The highest BCUT2D eigenvalue weighted by Gasteiger charge is 2.30. The molecule has 0 bridgehead atoms. The van der Waals surface area contributed by atoms with Gasteiger partial charge in [0.05, 0.1) is 6.10 Å². The lowest BCUT2D eigenvalue weighted by molar-refractivity contribution is -0.0289. The van der Waals surface area contributed by atoms with Crippen LogP contribution in [-0.4, -0.2) is 25.3 Å². The van der Waals surface area contributed by atoms with Gasteiger partial charge >= 0.3 is 0 Å². The molecule has 1 unspecified atom stereocenters. The predicted molar refractivity (Wildman–Crippen MR) is 72.9 cm³/mol. The second kappa shape index (κ2) is 8.55. The minimum atomic E-state index is 0.536. The third-order valence-electron chi connectivity index (χ3n) is 3.42. The summed E-state index contributed by atoms with van der Waals surface area (Å²) >= 11 is 0. The Morgan fingerprint density at radius 3 is 2.71 bits per heavy atom. The van der Waals surface area contributed by atoms with Gasteiger partial charge in [-0.15, -0.1) is 11.8 Å². The Labute approximate surface area is 107 Å². The van der Waals surface area contributed by atoms with Crippen LogP contribution in [0.1, 0.15) is 52.9 Å². The Morgan fingerprint density at radius 1 is 1.35 bits per heavy atom. The fourth-order valence-electron chi connectivity index (χ4n) is 2.45. The van der Waals surface area contributed by atoms with Crippen LogP contribution in [0.5, 0.6) is 0 Å². The highest BCUT2D eigenvalue weighted by Crippen LogP contribution is 2.33. The monoisotopic (exact) mass is 237 g/mol. The van der Waals surface area contributed by atoms with Crippen molar-refractivity contribution in [2.24, 2.45) is 5.92 Å². The molecule has 1 aliphatic rings. The van der Waals surface area contributed by atoms with E-state index in [2.05, 4.69) is 31.0 Å². The van der Waals surface area contributed by atoms with Gasteiger partial charge < -0.3 is 10.1 Å². The molecule has 0 spiro atoms. The molecule has 0 aliphatic heterocycles. The van der Waals surface area contributed by atoms with Gasteiger partial charge in [-0.05, 0) is 52.0 Å². The summed E-state index contributed by atoms with van der Waals surface area (Å²) in [5.74, 6) is 7.05. The molecule has 0 amide bonds. The molecule has 2 nitrogen and oxygen atoms in total. The molecule has 0 heterocycles. The largest absolute Gasteiger partial charge is 0.378 e. The first-order valence-corrected chi connectivity index (χ1v) is 7.04. The van der Waals surface area contributed by atoms with Gasteiger partial charge in [0.25, 0.3) is 0 Å². The van der Waals surface area contributed by atoms with Crippen LogP contribution in [-0.2, 0) is 4.74 Å². The third kappa shape index (κ3) is 5.57. The van der Waals surface area contributed by atoms with Crippen LogP contribution < -0.4 is 5.32 Å². The van der Waals surface area contributed by atoms with E-state index in [1.807, 2.05) is 6.92 Å². The van der Waals surface area contributed by atoms with Crippen molar-refractivity contribution in [3.05, 3.63) is 0 Å². The van der Waals surface area contributed by atoms with Crippen LogP contribution in [0, 0.1) is 17.8 Å². The first kappa shape index (κ1) is 14.5. The molecular formula is C15H27NO. The summed E-state index contributed by atoms with van der Waals surface area (Å²) in [4.78, 5) is 0. The van der Waals surface area contributed by atoms with Crippen molar-refractivity contribution in [3.63, 3.8) is 0 Å². The maximum Gasteiger partial charge on any atom is 0.0580 e. The lowest BCUT2D eigenvalue weighted by Gasteiger charge is -2.37. The Hall–Kier alpha value is -0.520. The van der Waals surface area contributed by atoms with Crippen molar-refractivity contribution in [1.29, 1.82) is 0 Å². The fraction of sp³-hybridized carbons (Fsp3) is 0.867. The van der Waals surface area contributed by atoms with E-state index >= 15 is 0 Å². The van der Waals surface area contributed by atoms with Gasteiger partial charge in [0.1, 0.15) is 0 Å². The van der Waals surface area contributed by atoms with E-state index in [0.717, 1.165) is 25.5 Å². The molecule has 17 heavy (non-hydrogen) atoms. The first-order valence-electron chi connectivity index (χ1n) is 7.04. The van der Waals surface area contributed by atoms with Crippen molar-refractivity contribution in [1.82, 2.24) is 5.32 Å². The molecule has 2 heteroatoms. The first-order chi connectivity index (χ1) is 8.30. The van der Waals surface area contributed by atoms with Gasteiger partial charge in [0.15, 0.2) is 0 Å². The molecule has 1 fully saturated rings. The second-order valence-electron chi connectivity index (χ2n) is 4.93. The lowest BCUT2D eigenvalue weighted by Crippen LogP contribution is -2.38. The van der Waals surface area contributed by atoms with E-state index < -0.39 is 0 Å². The maximum absolute atomic E-state index is 5.60. The van der Waals surface area contributed by atoms with Crippen molar-refractivity contribution in [2.45, 2.75) is 65.0 Å². The van der Waals surface area contributed by atoms with Gasteiger partial charge in [-0.3, -0.25) is 0 Å². The molecule has 0 aromatic heterocycles. The van der Waals surface area contributed by atoms with E-state index in [1.165, 1.54) is 25.7 Å². The standard InChI is InChI=1S/C15H27NO/c1-4-7-8-14(16-9-5-2)10-13-11-15(12-13)17-6-3/h13-16H,5-6,8-12H2,1-3H3. The average molecular weight is 237 g/mol. The van der Waals surface area contributed by atoms with Gasteiger partial charge in [-0.2, -0.15) is 0 Å². The van der Waals surface area contributed by atoms with Gasteiger partial charge in [0.2, 0.25) is 0 Å². The zero-order chi connectivity index (χ0) is 12.5. The second-order valence-corrected chi connectivity index (χ2v) is 4.93. The van der Waals surface area contributed by atoms with Gasteiger partial charge in [-0.25, -0.2) is 0 Å². The number of hydrogen-bond acceptors (Lipinski definition) is 2. The Morgan fingerprint density at radius 2 is 2.12 bits per heavy atom. The smallest absolute Gasteiger partial charge is 0.0580 e. The van der Waals surface area contributed by atoms with Crippen LogP contribution in [0.15, 0.2) is 0 Å². The number of hydrogen-bond donors (Lipinski definition) is 1. The predicted octanol–water partition coefficient (Wildman–Crippen LogP) is 2.97. The Balaban J connectivity index is 2.21. The molecule has 98 valence electrons. The highest BCUT2D eigenvalue weighted by atomic mass is 16.5. The summed E-state index contributed by atoms with van der Waals surface area (Å²) in [7, 11) is 0. The zero-order valence-corrected chi connectivity index (χ0v) is 11.6. The number of ether oxygens (including phenoxy) is 1. The summed E-state index contributed by atoms with van der Waals surface area (Å²) in [6.07, 6.45) is 6.48. The van der Waals surface area contributed by atoms with Crippen LogP contribution >= 0.6 is 0 Å². The van der Waals surface area contributed by atoms with E-state index in [4.69, 9.17) is 4.74 Å².